The summed E-state index contributed by atoms with van der Waals surface area (Å²) < 4.78 is 24.8. The third kappa shape index (κ3) is 3.93. The van der Waals surface area contributed by atoms with Crippen molar-refractivity contribution in [3.63, 3.8) is 0 Å². The molecule has 0 N–H and O–H groups in total. The molecule has 1 aromatic heterocycles. The normalized spacial score (nSPS) is 10.8. The molecule has 4 aromatic rings. The van der Waals surface area contributed by atoms with Crippen LogP contribution in [0.25, 0.3) is 22.3 Å². The minimum absolute atomic E-state index is 0.314. The molecule has 0 radical (unpaired) electrons. The smallest absolute Gasteiger partial charge is 0.230 e. The molecular weight excluding hydrogens is 355 g/mol. The number of aromatic nitrogens is 2. The molecule has 0 bridgehead atoms. The van der Waals surface area contributed by atoms with Crippen molar-refractivity contribution < 1.29 is 13.9 Å². The van der Waals surface area contributed by atoms with E-state index in [0.717, 1.165) is 28.6 Å². The van der Waals surface area contributed by atoms with Crippen LogP contribution in [-0.2, 0) is 0 Å². The first-order chi connectivity index (χ1) is 13.7. The molecule has 4 rings (SSSR count). The maximum atomic E-state index is 13.2. The van der Waals surface area contributed by atoms with Crippen LogP contribution in [0.15, 0.2) is 72.8 Å². The van der Waals surface area contributed by atoms with E-state index in [9.17, 15) is 4.39 Å². The van der Waals surface area contributed by atoms with E-state index in [2.05, 4.69) is 16.9 Å². The van der Waals surface area contributed by atoms with E-state index in [4.69, 9.17) is 9.47 Å². The molecule has 4 nitrogen and oxygen atoms in total. The third-order valence-corrected chi connectivity index (χ3v) is 4.18. The fourth-order valence-corrected chi connectivity index (χ4v) is 2.79. The standard InChI is InChI=1S/C23H19FN2O2/c1-2-15-27-18-11-7-16(8-12-18)22-25-21-6-4-3-5-20(21)23(26-22)28-19-13-9-17(24)10-14-19/h3-14H,2,15H2,1H3. The summed E-state index contributed by atoms with van der Waals surface area (Å²) in [7, 11) is 0. The van der Waals surface area contributed by atoms with Gasteiger partial charge in [0.1, 0.15) is 17.3 Å². The summed E-state index contributed by atoms with van der Waals surface area (Å²) in [6.45, 7) is 2.75. The highest BCUT2D eigenvalue weighted by Gasteiger charge is 2.11. The third-order valence-electron chi connectivity index (χ3n) is 4.18. The number of halogens is 1. The first-order valence-corrected chi connectivity index (χ1v) is 9.16. The maximum absolute atomic E-state index is 13.2. The van der Waals surface area contributed by atoms with Crippen LogP contribution < -0.4 is 9.47 Å². The molecule has 0 saturated heterocycles. The summed E-state index contributed by atoms with van der Waals surface area (Å²) in [5, 5.41) is 0.790. The van der Waals surface area contributed by atoms with Crippen molar-refractivity contribution >= 4 is 10.9 Å². The average Bonchev–Trinajstić information content (AvgIpc) is 2.74. The van der Waals surface area contributed by atoms with Gasteiger partial charge in [-0.25, -0.2) is 9.37 Å². The second kappa shape index (κ2) is 8.05. The van der Waals surface area contributed by atoms with Crippen molar-refractivity contribution in [2.45, 2.75) is 13.3 Å². The Balaban J connectivity index is 1.72. The van der Waals surface area contributed by atoms with E-state index in [1.807, 2.05) is 48.5 Å². The number of benzene rings is 3. The van der Waals surface area contributed by atoms with Gasteiger partial charge < -0.3 is 9.47 Å². The predicted molar refractivity (Wildman–Crippen MR) is 107 cm³/mol. The molecule has 0 unspecified atom stereocenters. The number of ether oxygens (including phenoxy) is 2. The van der Waals surface area contributed by atoms with E-state index in [1.165, 1.54) is 12.1 Å². The highest BCUT2D eigenvalue weighted by atomic mass is 19.1. The first kappa shape index (κ1) is 17.9. The SMILES string of the molecule is CCCOc1ccc(-c2nc(Oc3ccc(F)cc3)c3ccccc3n2)cc1. The van der Waals surface area contributed by atoms with Gasteiger partial charge in [-0.05, 0) is 67.1 Å². The maximum Gasteiger partial charge on any atom is 0.230 e. The Kier molecular flexibility index (Phi) is 5.15. The van der Waals surface area contributed by atoms with Gasteiger partial charge in [0.15, 0.2) is 5.82 Å². The Morgan fingerprint density at radius 1 is 0.821 bits per heavy atom. The van der Waals surface area contributed by atoms with Crippen LogP contribution in [0.3, 0.4) is 0 Å². The second-order valence-corrected chi connectivity index (χ2v) is 6.30. The number of para-hydroxylation sites is 1. The predicted octanol–water partition coefficient (Wildman–Crippen LogP) is 6.02. The Hall–Kier alpha value is -3.47. The van der Waals surface area contributed by atoms with E-state index < -0.39 is 0 Å². The van der Waals surface area contributed by atoms with Crippen LogP contribution in [0.2, 0.25) is 0 Å². The first-order valence-electron chi connectivity index (χ1n) is 9.16. The van der Waals surface area contributed by atoms with Crippen LogP contribution in [0.1, 0.15) is 13.3 Å². The van der Waals surface area contributed by atoms with Crippen LogP contribution in [0.4, 0.5) is 4.39 Å². The minimum Gasteiger partial charge on any atom is -0.494 e. The molecule has 140 valence electrons. The Bertz CT molecular complexity index is 1080. The van der Waals surface area contributed by atoms with Gasteiger partial charge in [0.05, 0.1) is 17.5 Å². The van der Waals surface area contributed by atoms with Crippen LogP contribution >= 0.6 is 0 Å². The zero-order chi connectivity index (χ0) is 19.3. The summed E-state index contributed by atoms with van der Waals surface area (Å²) in [5.74, 6) is 2.00. The van der Waals surface area contributed by atoms with Crippen molar-refractivity contribution in [2.75, 3.05) is 6.61 Å². The molecule has 1 heterocycles. The lowest BCUT2D eigenvalue weighted by Crippen LogP contribution is -1.97. The molecule has 0 saturated carbocycles. The van der Waals surface area contributed by atoms with Gasteiger partial charge in [0.25, 0.3) is 0 Å². The zero-order valence-corrected chi connectivity index (χ0v) is 15.4. The van der Waals surface area contributed by atoms with Gasteiger partial charge >= 0.3 is 0 Å². The van der Waals surface area contributed by atoms with Crippen molar-refractivity contribution in [3.8, 4) is 28.8 Å². The molecule has 0 aliphatic heterocycles. The Morgan fingerprint density at radius 3 is 2.29 bits per heavy atom. The summed E-state index contributed by atoms with van der Waals surface area (Å²) in [6.07, 6.45) is 0.958. The highest BCUT2D eigenvalue weighted by Crippen LogP contribution is 2.30. The molecule has 0 spiro atoms. The quantitative estimate of drug-likeness (QED) is 0.414. The largest absolute Gasteiger partial charge is 0.494 e. The lowest BCUT2D eigenvalue weighted by Gasteiger charge is -2.11. The second-order valence-electron chi connectivity index (χ2n) is 6.30. The van der Waals surface area contributed by atoms with Gasteiger partial charge in [-0.3, -0.25) is 0 Å². The number of hydrogen-bond acceptors (Lipinski definition) is 4. The van der Waals surface area contributed by atoms with Crippen molar-refractivity contribution in [1.82, 2.24) is 9.97 Å². The average molecular weight is 374 g/mol. The van der Waals surface area contributed by atoms with Gasteiger partial charge in [-0.1, -0.05) is 19.1 Å². The molecule has 28 heavy (non-hydrogen) atoms. The fraction of sp³-hybridized carbons (Fsp3) is 0.130. The number of rotatable bonds is 6. The van der Waals surface area contributed by atoms with Gasteiger partial charge in [-0.15, -0.1) is 0 Å². The summed E-state index contributed by atoms with van der Waals surface area (Å²) in [5.41, 5.74) is 1.63. The molecule has 0 aliphatic carbocycles. The summed E-state index contributed by atoms with van der Waals surface area (Å²) in [4.78, 5) is 9.27. The number of fused-ring (bicyclic) bond motifs is 1. The molecular formula is C23H19FN2O2. The van der Waals surface area contributed by atoms with Gasteiger partial charge in [0, 0.05) is 5.56 Å². The molecule has 0 fully saturated rings. The van der Waals surface area contributed by atoms with Gasteiger partial charge in [0.2, 0.25) is 5.88 Å². The van der Waals surface area contributed by atoms with E-state index in [1.54, 1.807) is 12.1 Å². The molecule has 3 aromatic carbocycles. The van der Waals surface area contributed by atoms with Crippen molar-refractivity contribution in [1.29, 1.82) is 0 Å². The lowest BCUT2D eigenvalue weighted by molar-refractivity contribution is 0.317. The zero-order valence-electron chi connectivity index (χ0n) is 15.4. The van der Waals surface area contributed by atoms with Crippen molar-refractivity contribution in [3.05, 3.63) is 78.6 Å². The van der Waals surface area contributed by atoms with Crippen LogP contribution in [-0.4, -0.2) is 16.6 Å². The van der Waals surface area contributed by atoms with Crippen molar-refractivity contribution in [2.24, 2.45) is 0 Å². The van der Waals surface area contributed by atoms with E-state index in [0.29, 0.717) is 24.1 Å². The van der Waals surface area contributed by atoms with Crippen LogP contribution in [0, 0.1) is 5.82 Å². The number of nitrogens with zero attached hydrogens (tertiary/aromatic N) is 2. The van der Waals surface area contributed by atoms with E-state index in [-0.39, 0.29) is 5.82 Å². The lowest BCUT2D eigenvalue weighted by atomic mass is 10.2. The Morgan fingerprint density at radius 2 is 1.54 bits per heavy atom. The Labute approximate surface area is 162 Å². The summed E-state index contributed by atoms with van der Waals surface area (Å²) in [6, 6.07) is 21.2. The minimum atomic E-state index is -0.314. The topological polar surface area (TPSA) is 44.2 Å². The monoisotopic (exact) mass is 374 g/mol. The summed E-state index contributed by atoms with van der Waals surface area (Å²) >= 11 is 0. The molecule has 5 heteroatoms. The van der Waals surface area contributed by atoms with Gasteiger partial charge in [-0.2, -0.15) is 4.98 Å². The van der Waals surface area contributed by atoms with Crippen LogP contribution in [0.5, 0.6) is 17.4 Å². The van der Waals surface area contributed by atoms with E-state index >= 15 is 0 Å². The highest BCUT2D eigenvalue weighted by molar-refractivity contribution is 5.85. The molecule has 0 atom stereocenters. The molecule has 0 aliphatic rings. The molecule has 0 amide bonds. The fourth-order valence-electron chi connectivity index (χ4n) is 2.79. The number of hydrogen-bond donors (Lipinski definition) is 0.